The maximum atomic E-state index is 12.1. The molecular weight excluding hydrogens is 327 g/mol. The number of H-pyrrole nitrogens is 1. The van der Waals surface area contributed by atoms with Crippen LogP contribution in [0.5, 0.6) is 0 Å². The summed E-state index contributed by atoms with van der Waals surface area (Å²) in [6, 6.07) is 4.23. The van der Waals surface area contributed by atoms with E-state index in [1.165, 1.54) is 12.1 Å². The number of aromatic nitrogens is 1. The van der Waals surface area contributed by atoms with E-state index in [0.29, 0.717) is 22.3 Å². The van der Waals surface area contributed by atoms with E-state index in [0.717, 1.165) is 6.54 Å². The molecule has 1 aromatic heterocycles. The second-order valence-corrected chi connectivity index (χ2v) is 5.99. The minimum Gasteiger partial charge on any atom is -0.461 e. The maximum absolute atomic E-state index is 12.1. The summed E-state index contributed by atoms with van der Waals surface area (Å²) in [6.07, 6.45) is 0.716. The number of fused-ring (bicyclic) bond motifs is 1. The van der Waals surface area contributed by atoms with Crippen LogP contribution in [-0.4, -0.2) is 43.1 Å². The zero-order chi connectivity index (χ0) is 16.3. The molecule has 0 saturated heterocycles. The van der Waals surface area contributed by atoms with Gasteiger partial charge in [-0.2, -0.15) is 0 Å². The van der Waals surface area contributed by atoms with E-state index in [1.54, 1.807) is 6.07 Å². The van der Waals surface area contributed by atoms with Gasteiger partial charge in [-0.1, -0.05) is 23.2 Å². The Labute approximate surface area is 137 Å². The Morgan fingerprint density at radius 2 is 2.00 bits per heavy atom. The summed E-state index contributed by atoms with van der Waals surface area (Å²) in [5.74, 6) is -0.575. The predicted molar refractivity (Wildman–Crippen MR) is 88.0 cm³/mol. The summed E-state index contributed by atoms with van der Waals surface area (Å²) in [4.78, 5) is 28.9. The summed E-state index contributed by atoms with van der Waals surface area (Å²) in [6.45, 7) is 1.10. The van der Waals surface area contributed by atoms with Gasteiger partial charge >= 0.3 is 5.97 Å². The average Bonchev–Trinajstić information content (AvgIpc) is 2.41. The van der Waals surface area contributed by atoms with Crippen molar-refractivity contribution in [2.75, 3.05) is 27.2 Å². The number of rotatable bonds is 5. The Balaban J connectivity index is 2.22. The van der Waals surface area contributed by atoms with Gasteiger partial charge in [-0.05, 0) is 32.6 Å². The third kappa shape index (κ3) is 4.00. The highest BCUT2D eigenvalue weighted by Gasteiger charge is 2.13. The molecule has 0 amide bonds. The molecule has 118 valence electrons. The van der Waals surface area contributed by atoms with E-state index >= 15 is 0 Å². The highest BCUT2D eigenvalue weighted by Crippen LogP contribution is 2.24. The summed E-state index contributed by atoms with van der Waals surface area (Å²) in [7, 11) is 3.88. The number of pyridine rings is 1. The Kier molecular flexibility index (Phi) is 5.45. The largest absolute Gasteiger partial charge is 0.461 e. The molecular formula is C15H16Cl2N2O3. The number of nitrogens with zero attached hydrogens (tertiary/aromatic N) is 1. The van der Waals surface area contributed by atoms with Crippen molar-refractivity contribution in [2.24, 2.45) is 0 Å². The van der Waals surface area contributed by atoms with Crippen LogP contribution in [0, 0.1) is 0 Å². The lowest BCUT2D eigenvalue weighted by atomic mass is 10.2. The number of hydrogen-bond acceptors (Lipinski definition) is 4. The van der Waals surface area contributed by atoms with Gasteiger partial charge in [0, 0.05) is 17.6 Å². The van der Waals surface area contributed by atoms with Gasteiger partial charge in [0.2, 0.25) is 0 Å². The third-order valence-electron chi connectivity index (χ3n) is 3.05. The fourth-order valence-electron chi connectivity index (χ4n) is 2.04. The SMILES string of the molecule is CN(C)CCCOC(=O)c1cc(=O)c2c(Cl)cc(Cl)cc2[nH]1. The van der Waals surface area contributed by atoms with Crippen LogP contribution in [0.15, 0.2) is 23.0 Å². The van der Waals surface area contributed by atoms with Gasteiger partial charge in [0.15, 0.2) is 5.43 Å². The fourth-order valence-corrected chi connectivity index (χ4v) is 2.63. The van der Waals surface area contributed by atoms with Crippen LogP contribution in [-0.2, 0) is 4.74 Å². The lowest BCUT2D eigenvalue weighted by Crippen LogP contribution is -2.17. The molecule has 0 aliphatic heterocycles. The van der Waals surface area contributed by atoms with E-state index in [9.17, 15) is 9.59 Å². The number of hydrogen-bond donors (Lipinski definition) is 1. The smallest absolute Gasteiger partial charge is 0.354 e. The molecule has 1 heterocycles. The first-order chi connectivity index (χ1) is 10.4. The van der Waals surface area contributed by atoms with Crippen LogP contribution >= 0.6 is 23.2 Å². The van der Waals surface area contributed by atoms with Crippen LogP contribution in [0.1, 0.15) is 16.9 Å². The van der Waals surface area contributed by atoms with E-state index in [2.05, 4.69) is 4.98 Å². The molecule has 2 aromatic rings. The Morgan fingerprint density at radius 3 is 2.68 bits per heavy atom. The molecule has 0 bridgehead atoms. The molecule has 7 heteroatoms. The molecule has 1 N–H and O–H groups in total. The lowest BCUT2D eigenvalue weighted by Gasteiger charge is -2.10. The van der Waals surface area contributed by atoms with Gasteiger partial charge in [0.1, 0.15) is 5.69 Å². The van der Waals surface area contributed by atoms with Crippen molar-refractivity contribution in [1.29, 1.82) is 0 Å². The predicted octanol–water partition coefficient (Wildman–Crippen LogP) is 2.94. The first-order valence-electron chi connectivity index (χ1n) is 6.72. The second-order valence-electron chi connectivity index (χ2n) is 5.15. The highest BCUT2D eigenvalue weighted by molar-refractivity contribution is 6.38. The summed E-state index contributed by atoms with van der Waals surface area (Å²) in [5, 5.41) is 0.925. The molecule has 0 fully saturated rings. The van der Waals surface area contributed by atoms with Crippen LogP contribution in [0.2, 0.25) is 10.0 Å². The van der Waals surface area contributed by atoms with Crippen LogP contribution < -0.4 is 5.43 Å². The molecule has 22 heavy (non-hydrogen) atoms. The number of ether oxygens (including phenoxy) is 1. The van der Waals surface area contributed by atoms with E-state index in [-0.39, 0.29) is 22.8 Å². The Morgan fingerprint density at radius 1 is 1.27 bits per heavy atom. The number of esters is 1. The van der Waals surface area contributed by atoms with Crippen molar-refractivity contribution in [1.82, 2.24) is 9.88 Å². The average molecular weight is 343 g/mol. The highest BCUT2D eigenvalue weighted by atomic mass is 35.5. The Hall–Kier alpha value is -1.56. The molecule has 2 rings (SSSR count). The minimum absolute atomic E-state index is 0.0840. The molecule has 0 aliphatic carbocycles. The Bertz CT molecular complexity index is 756. The van der Waals surface area contributed by atoms with Gasteiger partial charge in [0.05, 0.1) is 22.5 Å². The summed E-state index contributed by atoms with van der Waals surface area (Å²) >= 11 is 11.9. The topological polar surface area (TPSA) is 62.4 Å². The molecule has 0 unspecified atom stereocenters. The van der Waals surface area contributed by atoms with Crippen LogP contribution in [0.25, 0.3) is 10.9 Å². The zero-order valence-corrected chi connectivity index (χ0v) is 13.8. The summed E-state index contributed by atoms with van der Waals surface area (Å²) in [5.41, 5.74) is 0.140. The molecule has 1 aromatic carbocycles. The van der Waals surface area contributed by atoms with Crippen LogP contribution in [0.4, 0.5) is 0 Å². The van der Waals surface area contributed by atoms with Gasteiger partial charge in [-0.3, -0.25) is 4.79 Å². The van der Waals surface area contributed by atoms with Gasteiger partial charge in [-0.25, -0.2) is 4.79 Å². The van der Waals surface area contributed by atoms with Gasteiger partial charge in [-0.15, -0.1) is 0 Å². The van der Waals surface area contributed by atoms with Crippen molar-refractivity contribution >= 4 is 40.1 Å². The first-order valence-corrected chi connectivity index (χ1v) is 7.48. The number of benzene rings is 1. The number of nitrogens with one attached hydrogen (secondary N) is 1. The fraction of sp³-hybridized carbons (Fsp3) is 0.333. The standard InChI is InChI=1S/C15H16Cl2N2O3/c1-19(2)4-3-5-22-15(21)12-8-13(20)14-10(17)6-9(16)7-11(14)18-12/h6-8H,3-5H2,1-2H3,(H,18,20). The van der Waals surface area contributed by atoms with Gasteiger partial charge in [0.25, 0.3) is 0 Å². The molecule has 5 nitrogen and oxygen atoms in total. The quantitative estimate of drug-likeness (QED) is 0.670. The lowest BCUT2D eigenvalue weighted by molar-refractivity contribution is 0.0486. The number of aromatic amines is 1. The van der Waals surface area contributed by atoms with Crippen molar-refractivity contribution in [3.05, 3.63) is 44.2 Å². The van der Waals surface area contributed by atoms with Crippen molar-refractivity contribution in [3.63, 3.8) is 0 Å². The summed E-state index contributed by atoms with van der Waals surface area (Å²) < 4.78 is 5.14. The normalized spacial score (nSPS) is 11.1. The molecule has 0 radical (unpaired) electrons. The van der Waals surface area contributed by atoms with Gasteiger partial charge < -0.3 is 14.6 Å². The zero-order valence-electron chi connectivity index (χ0n) is 12.3. The number of carbonyl (C=O) groups excluding carboxylic acids is 1. The van der Waals surface area contributed by atoms with E-state index < -0.39 is 5.97 Å². The number of carbonyl (C=O) groups is 1. The maximum Gasteiger partial charge on any atom is 0.354 e. The third-order valence-corrected chi connectivity index (χ3v) is 3.57. The molecule has 0 aliphatic rings. The first kappa shape index (κ1) is 16.8. The monoisotopic (exact) mass is 342 g/mol. The van der Waals surface area contributed by atoms with Crippen molar-refractivity contribution in [2.45, 2.75) is 6.42 Å². The molecule has 0 spiro atoms. The number of halogens is 2. The van der Waals surface area contributed by atoms with E-state index in [4.69, 9.17) is 27.9 Å². The van der Waals surface area contributed by atoms with Crippen molar-refractivity contribution in [3.8, 4) is 0 Å². The molecule has 0 saturated carbocycles. The minimum atomic E-state index is -0.575. The molecule has 0 atom stereocenters. The second kappa shape index (κ2) is 7.13. The van der Waals surface area contributed by atoms with Crippen LogP contribution in [0.3, 0.4) is 0 Å². The van der Waals surface area contributed by atoms with E-state index in [1.807, 2.05) is 19.0 Å². The van der Waals surface area contributed by atoms with Crippen molar-refractivity contribution < 1.29 is 9.53 Å².